The van der Waals surface area contributed by atoms with Crippen LogP contribution in [0, 0.1) is 0 Å². The van der Waals surface area contributed by atoms with E-state index in [1.807, 2.05) is 37.7 Å². The molecule has 0 aliphatic rings. The first kappa shape index (κ1) is 8.26. The van der Waals surface area contributed by atoms with Crippen molar-refractivity contribution in [3.05, 3.63) is 0 Å². The molecular formula is C6H12N4S. The summed E-state index contributed by atoms with van der Waals surface area (Å²) < 4.78 is 3.64. The van der Waals surface area contributed by atoms with Crippen LogP contribution in [0.25, 0.3) is 0 Å². The average molecular weight is 172 g/mol. The summed E-state index contributed by atoms with van der Waals surface area (Å²) in [6, 6.07) is 0. The molecule has 1 aromatic rings. The van der Waals surface area contributed by atoms with Crippen LogP contribution in [-0.4, -0.2) is 23.9 Å². The van der Waals surface area contributed by atoms with Gasteiger partial charge in [-0.1, -0.05) is 0 Å². The van der Waals surface area contributed by atoms with Gasteiger partial charge in [-0.2, -0.15) is 0 Å². The molecule has 0 bridgehead atoms. The van der Waals surface area contributed by atoms with E-state index in [1.165, 1.54) is 0 Å². The van der Waals surface area contributed by atoms with Gasteiger partial charge in [0.2, 0.25) is 0 Å². The number of aromatic nitrogens is 3. The van der Waals surface area contributed by atoms with Crippen LogP contribution in [0.2, 0.25) is 0 Å². The zero-order valence-electron chi connectivity index (χ0n) is 7.20. The van der Waals surface area contributed by atoms with Gasteiger partial charge in [-0.3, -0.25) is 4.90 Å². The molecule has 1 rings (SSSR count). The quantitative estimate of drug-likeness (QED) is 0.410. The van der Waals surface area contributed by atoms with E-state index in [-0.39, 0.29) is 0 Å². The van der Waals surface area contributed by atoms with Crippen molar-refractivity contribution >= 4 is 18.6 Å². The fourth-order valence-electron chi connectivity index (χ4n) is 1.13. The first-order chi connectivity index (χ1) is 5.04. The number of aryl methyl sites for hydroxylation is 1. The van der Waals surface area contributed by atoms with E-state index >= 15 is 0 Å². The van der Waals surface area contributed by atoms with E-state index in [9.17, 15) is 0 Å². The summed E-state index contributed by atoms with van der Waals surface area (Å²) in [6.45, 7) is 0. The van der Waals surface area contributed by atoms with Crippen LogP contribution < -0.4 is 9.47 Å². The Morgan fingerprint density at radius 1 is 1.55 bits per heavy atom. The fourth-order valence-corrected chi connectivity index (χ4v) is 1.34. The highest BCUT2D eigenvalue weighted by atomic mass is 32.1. The Balaban J connectivity index is 3.22. The second-order valence-corrected chi connectivity index (χ2v) is 3.02. The number of hydrogen-bond donors (Lipinski definition) is 0. The highest BCUT2D eigenvalue weighted by Crippen LogP contribution is 2.01. The third kappa shape index (κ3) is 1.28. The SMILES string of the molecule is CN(C)c1n(C)nc([S-])[n+]1C. The Labute approximate surface area is 71.8 Å². The Morgan fingerprint density at radius 3 is 2.27 bits per heavy atom. The van der Waals surface area contributed by atoms with Crippen molar-refractivity contribution in [3.63, 3.8) is 0 Å². The van der Waals surface area contributed by atoms with E-state index in [0.717, 1.165) is 5.95 Å². The predicted octanol–water partition coefficient (Wildman–Crippen LogP) is -0.784. The topological polar surface area (TPSA) is 24.9 Å². The molecule has 0 saturated heterocycles. The molecule has 0 spiro atoms. The average Bonchev–Trinajstić information content (AvgIpc) is 2.07. The fraction of sp³-hybridized carbons (Fsp3) is 0.667. The Bertz CT molecular complexity index is 266. The normalized spacial score (nSPS) is 10.2. The molecule has 0 aromatic carbocycles. The molecule has 5 heteroatoms. The minimum atomic E-state index is 0.608. The molecule has 0 saturated carbocycles. The van der Waals surface area contributed by atoms with Gasteiger partial charge in [0.25, 0.3) is 0 Å². The monoisotopic (exact) mass is 172 g/mol. The Hall–Kier alpha value is -0.840. The lowest BCUT2D eigenvalue weighted by Crippen LogP contribution is -2.36. The van der Waals surface area contributed by atoms with E-state index in [4.69, 9.17) is 12.6 Å². The molecule has 0 N–H and O–H groups in total. The van der Waals surface area contributed by atoms with Gasteiger partial charge in [0, 0.05) is 14.1 Å². The molecule has 0 fully saturated rings. The molecule has 11 heavy (non-hydrogen) atoms. The van der Waals surface area contributed by atoms with Crippen molar-refractivity contribution in [3.8, 4) is 0 Å². The number of anilines is 1. The largest absolute Gasteiger partial charge is 0.712 e. The Kier molecular flexibility index (Phi) is 1.99. The van der Waals surface area contributed by atoms with Crippen molar-refractivity contribution < 1.29 is 4.57 Å². The van der Waals surface area contributed by atoms with Crippen LogP contribution >= 0.6 is 0 Å². The maximum atomic E-state index is 4.99. The lowest BCUT2D eigenvalue weighted by Gasteiger charge is -2.06. The highest BCUT2D eigenvalue weighted by molar-refractivity contribution is 7.58. The Morgan fingerprint density at radius 2 is 2.09 bits per heavy atom. The first-order valence-corrected chi connectivity index (χ1v) is 3.72. The smallest absolute Gasteiger partial charge is 0.344 e. The van der Waals surface area contributed by atoms with Crippen LogP contribution in [0.15, 0.2) is 5.16 Å². The third-order valence-electron chi connectivity index (χ3n) is 1.51. The number of nitrogens with zero attached hydrogens (tertiary/aromatic N) is 4. The molecule has 0 unspecified atom stereocenters. The molecule has 0 aliphatic carbocycles. The molecule has 0 aliphatic heterocycles. The molecule has 4 nitrogen and oxygen atoms in total. The third-order valence-corrected chi connectivity index (χ3v) is 1.87. The van der Waals surface area contributed by atoms with Crippen molar-refractivity contribution in [2.24, 2.45) is 14.1 Å². The zero-order chi connectivity index (χ0) is 8.59. The summed E-state index contributed by atoms with van der Waals surface area (Å²) in [4.78, 5) is 1.98. The summed E-state index contributed by atoms with van der Waals surface area (Å²) in [6.07, 6.45) is 0. The van der Waals surface area contributed by atoms with Gasteiger partial charge in [0.15, 0.2) is 0 Å². The molecule has 0 atom stereocenters. The van der Waals surface area contributed by atoms with E-state index < -0.39 is 0 Å². The summed E-state index contributed by atoms with van der Waals surface area (Å²) in [5.74, 6) is 0.995. The molecular weight excluding hydrogens is 160 g/mol. The second kappa shape index (κ2) is 2.65. The van der Waals surface area contributed by atoms with Crippen LogP contribution in [0.1, 0.15) is 0 Å². The molecule has 0 radical (unpaired) electrons. The minimum absolute atomic E-state index is 0.608. The van der Waals surface area contributed by atoms with Gasteiger partial charge in [0.1, 0.15) is 5.16 Å². The lowest BCUT2D eigenvalue weighted by atomic mass is 10.8. The van der Waals surface area contributed by atoms with Crippen molar-refractivity contribution in [2.45, 2.75) is 5.16 Å². The first-order valence-electron chi connectivity index (χ1n) is 3.31. The standard InChI is InChI=1S/C6H12N4S/c1-8(2)6-9(3)5(11)7-10(6)4/h1-4H3. The van der Waals surface area contributed by atoms with E-state index in [0.29, 0.717) is 5.16 Å². The van der Waals surface area contributed by atoms with E-state index in [2.05, 4.69) is 5.10 Å². The molecule has 1 heterocycles. The highest BCUT2D eigenvalue weighted by Gasteiger charge is 2.14. The summed E-state index contributed by atoms with van der Waals surface area (Å²) in [7, 11) is 7.72. The predicted molar refractivity (Wildman–Crippen MR) is 44.3 cm³/mol. The summed E-state index contributed by atoms with van der Waals surface area (Å²) in [5, 5.41) is 4.69. The van der Waals surface area contributed by atoms with Gasteiger partial charge in [-0.25, -0.2) is 4.57 Å². The van der Waals surface area contributed by atoms with Gasteiger partial charge >= 0.3 is 5.95 Å². The van der Waals surface area contributed by atoms with Gasteiger partial charge in [0.05, 0.1) is 14.1 Å². The minimum Gasteiger partial charge on any atom is -0.712 e. The molecule has 62 valence electrons. The summed E-state index contributed by atoms with van der Waals surface area (Å²) in [5.41, 5.74) is 0. The zero-order valence-corrected chi connectivity index (χ0v) is 8.01. The van der Waals surface area contributed by atoms with Crippen molar-refractivity contribution in [2.75, 3.05) is 19.0 Å². The summed E-state index contributed by atoms with van der Waals surface area (Å²) >= 11 is 4.99. The van der Waals surface area contributed by atoms with Crippen LogP contribution in [-0.2, 0) is 26.7 Å². The molecule has 1 aromatic heterocycles. The maximum absolute atomic E-state index is 4.99. The molecule has 0 amide bonds. The lowest BCUT2D eigenvalue weighted by molar-refractivity contribution is -0.697. The van der Waals surface area contributed by atoms with Crippen LogP contribution in [0.3, 0.4) is 0 Å². The van der Waals surface area contributed by atoms with E-state index in [1.54, 1.807) is 4.68 Å². The van der Waals surface area contributed by atoms with Gasteiger partial charge in [-0.15, -0.1) is 4.68 Å². The van der Waals surface area contributed by atoms with Crippen molar-refractivity contribution in [1.29, 1.82) is 0 Å². The maximum Gasteiger partial charge on any atom is 0.344 e. The number of hydrogen-bond acceptors (Lipinski definition) is 3. The van der Waals surface area contributed by atoms with Gasteiger partial charge < -0.3 is 12.6 Å². The van der Waals surface area contributed by atoms with Gasteiger partial charge in [-0.05, 0) is 5.10 Å². The van der Waals surface area contributed by atoms with Crippen LogP contribution in [0.4, 0.5) is 5.95 Å². The number of rotatable bonds is 1. The van der Waals surface area contributed by atoms with Crippen LogP contribution in [0.5, 0.6) is 0 Å². The second-order valence-electron chi connectivity index (χ2n) is 2.66. The van der Waals surface area contributed by atoms with Crippen molar-refractivity contribution in [1.82, 2.24) is 9.78 Å².